The zero-order valence-electron chi connectivity index (χ0n) is 14.7. The van der Waals surface area contributed by atoms with Gasteiger partial charge in [-0.1, -0.05) is 6.08 Å². The molecule has 2 N–H and O–H groups in total. The van der Waals surface area contributed by atoms with Gasteiger partial charge in [-0.25, -0.2) is 15.5 Å². The molecule has 0 saturated heterocycles. The number of hydrazine groups is 1. The molecule has 3 aromatic heterocycles. The van der Waals surface area contributed by atoms with Gasteiger partial charge >= 0.3 is 0 Å². The lowest BCUT2D eigenvalue weighted by molar-refractivity contribution is 0.307. The van der Waals surface area contributed by atoms with E-state index >= 15 is 0 Å². The van der Waals surface area contributed by atoms with Crippen LogP contribution in [0.2, 0.25) is 0 Å². The van der Waals surface area contributed by atoms with Crippen LogP contribution in [0.4, 0.5) is 5.69 Å². The normalized spacial score (nSPS) is 12.7. The highest BCUT2D eigenvalue weighted by Crippen LogP contribution is 2.35. The Kier molecular flexibility index (Phi) is 5.15. The Morgan fingerprint density at radius 2 is 2.27 bits per heavy atom. The molecule has 0 saturated carbocycles. The van der Waals surface area contributed by atoms with Crippen molar-refractivity contribution in [3.63, 3.8) is 0 Å². The van der Waals surface area contributed by atoms with Gasteiger partial charge in [-0.3, -0.25) is 4.79 Å². The molecule has 0 radical (unpaired) electrons. The monoisotopic (exact) mass is 369 g/mol. The van der Waals surface area contributed by atoms with Crippen molar-refractivity contribution in [2.75, 3.05) is 19.2 Å². The highest BCUT2D eigenvalue weighted by molar-refractivity contribution is 7.25. The van der Waals surface area contributed by atoms with Gasteiger partial charge in [0, 0.05) is 30.2 Å². The fraction of sp³-hybridized carbons (Fsp3) is 0.167. The van der Waals surface area contributed by atoms with Gasteiger partial charge in [-0.15, -0.1) is 11.3 Å². The maximum Gasteiger partial charge on any atom is 0.288 e. The van der Waals surface area contributed by atoms with E-state index in [4.69, 9.17) is 10.6 Å². The standard InChI is InChI=1S/C18H19N5O2S/c1-4-6-12(25-3)7-5-10-23-18(24)16-13(11-21-23)15-14(22(2)19)8-9-20-17(15)26-16/h4-11H,19H2,1-3H3/b6-4-,10-5+,12-7+. The molecule has 3 heterocycles. The number of anilines is 1. The quantitative estimate of drug-likeness (QED) is 0.322. The third kappa shape index (κ3) is 3.24. The topological polar surface area (TPSA) is 86.3 Å². The lowest BCUT2D eigenvalue weighted by atomic mass is 10.2. The van der Waals surface area contributed by atoms with E-state index in [0.29, 0.717) is 10.5 Å². The number of nitrogens with two attached hydrogens (primary N) is 1. The summed E-state index contributed by atoms with van der Waals surface area (Å²) in [5, 5.41) is 7.35. The fourth-order valence-electron chi connectivity index (χ4n) is 2.56. The Bertz CT molecular complexity index is 1090. The van der Waals surface area contributed by atoms with E-state index in [1.807, 2.05) is 25.1 Å². The molecule has 0 aromatic carbocycles. The summed E-state index contributed by atoms with van der Waals surface area (Å²) in [5.41, 5.74) is 0.598. The van der Waals surface area contributed by atoms with Gasteiger partial charge in [0.05, 0.1) is 19.0 Å². The van der Waals surface area contributed by atoms with Gasteiger partial charge in [0.2, 0.25) is 0 Å². The first-order chi connectivity index (χ1) is 12.6. The molecule has 0 spiro atoms. The number of fused-ring (bicyclic) bond motifs is 3. The van der Waals surface area contributed by atoms with Crippen LogP contribution in [-0.4, -0.2) is 28.9 Å². The zero-order valence-corrected chi connectivity index (χ0v) is 15.5. The lowest BCUT2D eigenvalue weighted by Gasteiger charge is -2.12. The number of rotatable bonds is 5. The van der Waals surface area contributed by atoms with Crippen molar-refractivity contribution in [2.45, 2.75) is 6.92 Å². The Balaban J connectivity index is 2.11. The van der Waals surface area contributed by atoms with E-state index in [9.17, 15) is 4.79 Å². The van der Waals surface area contributed by atoms with Crippen molar-refractivity contribution in [3.05, 3.63) is 58.9 Å². The molecule has 26 heavy (non-hydrogen) atoms. The van der Waals surface area contributed by atoms with E-state index in [2.05, 4.69) is 10.1 Å². The Morgan fingerprint density at radius 3 is 2.96 bits per heavy atom. The lowest BCUT2D eigenvalue weighted by Crippen LogP contribution is -2.25. The van der Waals surface area contributed by atoms with Gasteiger partial charge < -0.3 is 9.75 Å². The van der Waals surface area contributed by atoms with Crippen LogP contribution < -0.4 is 16.4 Å². The van der Waals surface area contributed by atoms with Crippen molar-refractivity contribution in [1.29, 1.82) is 0 Å². The van der Waals surface area contributed by atoms with Crippen molar-refractivity contribution >= 4 is 43.5 Å². The van der Waals surface area contributed by atoms with Crippen LogP contribution in [0.15, 0.2) is 53.3 Å². The van der Waals surface area contributed by atoms with Crippen molar-refractivity contribution in [1.82, 2.24) is 14.8 Å². The molecule has 134 valence electrons. The predicted molar refractivity (Wildman–Crippen MR) is 107 cm³/mol. The van der Waals surface area contributed by atoms with E-state index in [1.165, 1.54) is 21.0 Å². The highest BCUT2D eigenvalue weighted by atomic mass is 32.1. The number of ether oxygens (including phenoxy) is 1. The number of hydrogen-bond acceptors (Lipinski definition) is 7. The van der Waals surface area contributed by atoms with Gasteiger partial charge in [0.1, 0.15) is 15.3 Å². The van der Waals surface area contributed by atoms with E-state index < -0.39 is 0 Å². The molecule has 0 aliphatic heterocycles. The summed E-state index contributed by atoms with van der Waals surface area (Å²) in [5.74, 6) is 6.58. The number of thiophene rings is 1. The van der Waals surface area contributed by atoms with Gasteiger partial charge in [-0.05, 0) is 31.2 Å². The Labute approximate surface area is 154 Å². The smallest absolute Gasteiger partial charge is 0.288 e. The number of nitrogens with zero attached hydrogens (tertiary/aromatic N) is 4. The zero-order chi connectivity index (χ0) is 18.7. The second kappa shape index (κ2) is 7.51. The summed E-state index contributed by atoms with van der Waals surface area (Å²) in [7, 11) is 3.34. The SMILES string of the molecule is C\C=C/C(=C\C=C\n1ncc2c(sc3nccc(N(C)N)c32)c1=O)OC. The molecular formula is C18H19N5O2S. The first-order valence-corrected chi connectivity index (χ1v) is 8.71. The van der Waals surface area contributed by atoms with Gasteiger partial charge in [0.25, 0.3) is 5.56 Å². The molecule has 0 amide bonds. The van der Waals surface area contributed by atoms with Gasteiger partial charge in [0.15, 0.2) is 0 Å². The second-order valence-corrected chi connectivity index (χ2v) is 6.47. The third-order valence-electron chi connectivity index (χ3n) is 3.75. The Hall–Kier alpha value is -2.97. The fourth-order valence-corrected chi connectivity index (χ4v) is 3.63. The maximum atomic E-state index is 12.8. The molecular weight excluding hydrogens is 350 g/mol. The first-order valence-electron chi connectivity index (χ1n) is 7.89. The van der Waals surface area contributed by atoms with Crippen LogP contribution in [-0.2, 0) is 4.74 Å². The summed E-state index contributed by atoms with van der Waals surface area (Å²) < 4.78 is 7.08. The number of aromatic nitrogens is 3. The second-order valence-electron chi connectivity index (χ2n) is 5.47. The van der Waals surface area contributed by atoms with Crippen LogP contribution >= 0.6 is 11.3 Å². The molecule has 7 nitrogen and oxygen atoms in total. The minimum atomic E-state index is -0.203. The molecule has 3 aromatic rings. The summed E-state index contributed by atoms with van der Waals surface area (Å²) in [6.07, 6.45) is 12.1. The maximum absolute atomic E-state index is 12.8. The molecule has 8 heteroatoms. The van der Waals surface area contributed by atoms with Crippen LogP contribution in [0.3, 0.4) is 0 Å². The van der Waals surface area contributed by atoms with Gasteiger partial charge in [-0.2, -0.15) is 5.10 Å². The van der Waals surface area contributed by atoms with Crippen LogP contribution in [0, 0.1) is 0 Å². The average Bonchev–Trinajstić information content (AvgIpc) is 3.02. The van der Waals surface area contributed by atoms with E-state index in [1.54, 1.807) is 44.9 Å². The molecule has 3 rings (SSSR count). The minimum Gasteiger partial charge on any atom is -0.497 e. The summed E-state index contributed by atoms with van der Waals surface area (Å²) in [6, 6.07) is 1.82. The van der Waals surface area contributed by atoms with Crippen LogP contribution in [0.1, 0.15) is 6.92 Å². The summed E-state index contributed by atoms with van der Waals surface area (Å²) in [4.78, 5) is 17.9. The number of hydrogen-bond donors (Lipinski definition) is 1. The van der Waals surface area contributed by atoms with Crippen molar-refractivity contribution < 1.29 is 4.74 Å². The molecule has 0 aliphatic rings. The first kappa shape index (κ1) is 17.8. The Morgan fingerprint density at radius 1 is 1.46 bits per heavy atom. The highest BCUT2D eigenvalue weighted by Gasteiger charge is 2.15. The molecule has 0 aliphatic carbocycles. The number of pyridine rings is 1. The number of methoxy groups -OCH3 is 1. The van der Waals surface area contributed by atoms with Crippen LogP contribution in [0.5, 0.6) is 0 Å². The molecule has 0 bridgehead atoms. The summed E-state index contributed by atoms with van der Waals surface area (Å²) in [6.45, 7) is 1.90. The minimum absolute atomic E-state index is 0.203. The van der Waals surface area contributed by atoms with E-state index in [0.717, 1.165) is 21.3 Å². The van der Waals surface area contributed by atoms with E-state index in [-0.39, 0.29) is 5.56 Å². The summed E-state index contributed by atoms with van der Waals surface area (Å²) >= 11 is 1.33. The molecule has 0 unspecified atom stereocenters. The molecule has 0 atom stereocenters. The van der Waals surface area contributed by atoms with Crippen molar-refractivity contribution in [3.8, 4) is 0 Å². The predicted octanol–water partition coefficient (Wildman–Crippen LogP) is 2.89. The van der Waals surface area contributed by atoms with Crippen molar-refractivity contribution in [2.24, 2.45) is 5.84 Å². The molecule has 0 fully saturated rings. The third-order valence-corrected chi connectivity index (χ3v) is 4.86. The average molecular weight is 369 g/mol. The number of allylic oxidation sites excluding steroid dienone is 4. The van der Waals surface area contributed by atoms with Crippen LogP contribution in [0.25, 0.3) is 26.5 Å². The largest absolute Gasteiger partial charge is 0.497 e.